The zero-order valence-electron chi connectivity index (χ0n) is 19.9. The second kappa shape index (κ2) is 13.6. The van der Waals surface area contributed by atoms with Crippen LogP contribution in [0.2, 0.25) is 0 Å². The first-order chi connectivity index (χ1) is 15.4. The Kier molecular flexibility index (Phi) is 12.0. The summed E-state index contributed by atoms with van der Waals surface area (Å²) < 4.78 is 17.2. The van der Waals surface area contributed by atoms with Crippen molar-refractivity contribution in [1.82, 2.24) is 16.0 Å². The maximum atomic E-state index is 12.8. The molecule has 2 atom stereocenters. The van der Waals surface area contributed by atoms with E-state index in [1.165, 1.54) is 21.0 Å². The van der Waals surface area contributed by atoms with Gasteiger partial charge in [-0.2, -0.15) is 0 Å². The molecule has 0 aromatic carbocycles. The predicted molar refractivity (Wildman–Crippen MR) is 121 cm³/mol. The Balaban J connectivity index is 2.49. The molecular weight excluding hydrogens is 454 g/mol. The SMILES string of the molecule is COC1(CCCNC(C)=O)OCC(C)(C)[C@H](C(=O)NCCC(=O)NCCSC(=O)C(C)=O)O1. The summed E-state index contributed by atoms with van der Waals surface area (Å²) in [6, 6.07) is 0. The number of hydrogen-bond donors (Lipinski definition) is 3. The lowest BCUT2D eigenvalue weighted by Gasteiger charge is -2.46. The molecule has 0 bridgehead atoms. The zero-order valence-corrected chi connectivity index (χ0v) is 20.7. The number of ether oxygens (including phenoxy) is 3. The molecule has 3 N–H and O–H groups in total. The van der Waals surface area contributed by atoms with Gasteiger partial charge in [0, 0.05) is 64.6 Å². The van der Waals surface area contributed by atoms with E-state index in [1.54, 1.807) is 0 Å². The third-order valence-corrected chi connectivity index (χ3v) is 5.81. The minimum Gasteiger partial charge on any atom is -0.356 e. The Morgan fingerprint density at radius 2 is 1.73 bits per heavy atom. The Morgan fingerprint density at radius 1 is 1.03 bits per heavy atom. The number of carbonyl (C=O) groups is 5. The molecule has 1 fully saturated rings. The summed E-state index contributed by atoms with van der Waals surface area (Å²) in [6.07, 6.45) is 0.0193. The molecule has 0 aromatic rings. The highest BCUT2D eigenvalue weighted by Gasteiger charge is 2.50. The second-order valence-electron chi connectivity index (χ2n) is 8.33. The lowest BCUT2D eigenvalue weighted by Crippen LogP contribution is -2.59. The number of amides is 3. The van der Waals surface area contributed by atoms with Crippen molar-refractivity contribution in [1.29, 1.82) is 0 Å². The number of thioether (sulfide) groups is 1. The highest BCUT2D eigenvalue weighted by atomic mass is 32.2. The molecule has 0 aliphatic carbocycles. The van der Waals surface area contributed by atoms with Crippen LogP contribution in [0.4, 0.5) is 0 Å². The van der Waals surface area contributed by atoms with E-state index < -0.39 is 28.4 Å². The van der Waals surface area contributed by atoms with Crippen molar-refractivity contribution in [3.63, 3.8) is 0 Å². The maximum absolute atomic E-state index is 12.8. The summed E-state index contributed by atoms with van der Waals surface area (Å²) in [6.45, 7) is 7.27. The third kappa shape index (κ3) is 10.2. The number of hydrogen-bond acceptors (Lipinski definition) is 9. The van der Waals surface area contributed by atoms with E-state index in [9.17, 15) is 24.0 Å². The monoisotopic (exact) mass is 489 g/mol. The average Bonchev–Trinajstić information content (AvgIpc) is 2.74. The van der Waals surface area contributed by atoms with Crippen LogP contribution in [0.15, 0.2) is 0 Å². The lowest BCUT2D eigenvalue weighted by atomic mass is 9.85. The molecule has 1 rings (SSSR count). The van der Waals surface area contributed by atoms with Crippen molar-refractivity contribution < 1.29 is 38.2 Å². The summed E-state index contributed by atoms with van der Waals surface area (Å²) in [4.78, 5) is 57.8. The summed E-state index contributed by atoms with van der Waals surface area (Å²) in [5, 5.41) is 7.48. The summed E-state index contributed by atoms with van der Waals surface area (Å²) in [5.74, 6) is -2.45. The first-order valence-corrected chi connectivity index (χ1v) is 11.7. The number of nitrogens with one attached hydrogen (secondary N) is 3. The molecule has 1 saturated heterocycles. The van der Waals surface area contributed by atoms with Crippen molar-refractivity contribution in [2.45, 2.75) is 59.0 Å². The fourth-order valence-electron chi connectivity index (χ4n) is 2.98. The van der Waals surface area contributed by atoms with E-state index in [2.05, 4.69) is 16.0 Å². The van der Waals surface area contributed by atoms with Crippen molar-refractivity contribution in [2.24, 2.45) is 5.41 Å². The van der Waals surface area contributed by atoms with E-state index >= 15 is 0 Å². The van der Waals surface area contributed by atoms with Crippen LogP contribution in [0, 0.1) is 5.41 Å². The number of methoxy groups -OCH3 is 1. The van der Waals surface area contributed by atoms with Gasteiger partial charge in [0.15, 0.2) is 0 Å². The van der Waals surface area contributed by atoms with Crippen molar-refractivity contribution in [3.8, 4) is 0 Å². The van der Waals surface area contributed by atoms with Gasteiger partial charge in [-0.15, -0.1) is 0 Å². The Labute approximate surface area is 198 Å². The zero-order chi connectivity index (χ0) is 25.1. The van der Waals surface area contributed by atoms with Crippen LogP contribution in [-0.2, 0) is 38.2 Å². The Hall–Kier alpha value is -2.02. The van der Waals surface area contributed by atoms with Crippen LogP contribution in [0.5, 0.6) is 0 Å². The minimum atomic E-state index is -1.40. The molecule has 1 aliphatic heterocycles. The van der Waals surface area contributed by atoms with Gasteiger partial charge in [-0.05, 0) is 6.42 Å². The molecule has 188 valence electrons. The van der Waals surface area contributed by atoms with Crippen LogP contribution < -0.4 is 16.0 Å². The fourth-order valence-corrected chi connectivity index (χ4v) is 3.57. The minimum absolute atomic E-state index is 0.0485. The number of rotatable bonds is 13. The van der Waals surface area contributed by atoms with E-state index in [4.69, 9.17) is 14.2 Å². The van der Waals surface area contributed by atoms with Gasteiger partial charge in [0.05, 0.1) is 6.61 Å². The predicted octanol–water partition coefficient (Wildman–Crippen LogP) is 0.116. The molecule has 12 heteroatoms. The highest BCUT2D eigenvalue weighted by Crippen LogP contribution is 2.37. The average molecular weight is 490 g/mol. The fraction of sp³-hybridized carbons (Fsp3) is 0.762. The quantitative estimate of drug-likeness (QED) is 0.242. The van der Waals surface area contributed by atoms with E-state index in [0.717, 1.165) is 11.8 Å². The molecule has 11 nitrogen and oxygen atoms in total. The number of Topliss-reactive ketones (excluding diaryl/α,β-unsaturated/α-hetero) is 1. The first-order valence-electron chi connectivity index (χ1n) is 10.8. The molecule has 0 spiro atoms. The van der Waals surface area contributed by atoms with Crippen molar-refractivity contribution >= 4 is 40.4 Å². The summed E-state index contributed by atoms with van der Waals surface area (Å²) in [5.41, 5.74) is -0.632. The maximum Gasteiger partial charge on any atom is 0.283 e. The molecule has 1 heterocycles. The van der Waals surface area contributed by atoms with Gasteiger partial charge >= 0.3 is 0 Å². The lowest BCUT2D eigenvalue weighted by molar-refractivity contribution is -0.425. The molecule has 1 aliphatic rings. The van der Waals surface area contributed by atoms with Gasteiger partial charge in [-0.3, -0.25) is 24.0 Å². The van der Waals surface area contributed by atoms with Crippen LogP contribution >= 0.6 is 11.8 Å². The topological polar surface area (TPSA) is 149 Å². The van der Waals surface area contributed by atoms with Crippen molar-refractivity contribution in [2.75, 3.05) is 39.1 Å². The number of ketones is 1. The number of carbonyl (C=O) groups excluding carboxylic acids is 5. The summed E-state index contributed by atoms with van der Waals surface area (Å²) in [7, 11) is 1.43. The normalized spacial score (nSPS) is 21.7. The Morgan fingerprint density at radius 3 is 2.33 bits per heavy atom. The van der Waals surface area contributed by atoms with Gasteiger partial charge in [0.2, 0.25) is 23.5 Å². The highest BCUT2D eigenvalue weighted by molar-refractivity contribution is 8.15. The molecule has 0 radical (unpaired) electrons. The smallest absolute Gasteiger partial charge is 0.283 e. The second-order valence-corrected chi connectivity index (χ2v) is 9.40. The van der Waals surface area contributed by atoms with Gasteiger partial charge in [-0.1, -0.05) is 25.6 Å². The molecule has 0 saturated carbocycles. The molecule has 3 amide bonds. The van der Waals surface area contributed by atoms with Crippen LogP contribution in [0.25, 0.3) is 0 Å². The van der Waals surface area contributed by atoms with Gasteiger partial charge in [0.1, 0.15) is 6.10 Å². The van der Waals surface area contributed by atoms with Crippen LogP contribution in [0.1, 0.15) is 47.0 Å². The largest absolute Gasteiger partial charge is 0.356 e. The molecule has 33 heavy (non-hydrogen) atoms. The standard InChI is InChI=1S/C21H35N3O8S/c1-14(25)19(29)33-12-11-23-16(27)7-10-24-18(28)17-20(3,4)13-31-21(30-5,32-17)8-6-9-22-15(2)26/h17H,6-13H2,1-5H3,(H,22,26)(H,23,27)(H,24,28)/t17-,21?/m0/s1. The van der Waals surface area contributed by atoms with E-state index in [1.807, 2.05) is 13.8 Å². The van der Waals surface area contributed by atoms with Crippen LogP contribution in [-0.4, -0.2) is 79.8 Å². The van der Waals surface area contributed by atoms with Gasteiger partial charge in [-0.25, -0.2) is 0 Å². The molecule has 0 aromatic heterocycles. The summed E-state index contributed by atoms with van der Waals surface area (Å²) >= 11 is 0.850. The van der Waals surface area contributed by atoms with Crippen LogP contribution in [0.3, 0.4) is 0 Å². The van der Waals surface area contributed by atoms with E-state index in [-0.39, 0.29) is 43.8 Å². The Bertz CT molecular complexity index is 730. The van der Waals surface area contributed by atoms with Crippen molar-refractivity contribution in [3.05, 3.63) is 0 Å². The first kappa shape index (κ1) is 29.0. The molecule has 1 unspecified atom stereocenters. The molecular formula is C21H35N3O8S. The van der Waals surface area contributed by atoms with Gasteiger partial charge < -0.3 is 30.2 Å². The van der Waals surface area contributed by atoms with Gasteiger partial charge in [0.25, 0.3) is 11.1 Å². The third-order valence-electron chi connectivity index (χ3n) is 4.85. The van der Waals surface area contributed by atoms with E-state index in [0.29, 0.717) is 25.1 Å².